The molecular weight excluding hydrogens is 378 g/mol. The van der Waals surface area contributed by atoms with Crippen molar-refractivity contribution in [1.82, 2.24) is 10.6 Å². The van der Waals surface area contributed by atoms with Crippen molar-refractivity contribution in [3.05, 3.63) is 65.7 Å². The first-order chi connectivity index (χ1) is 14.5. The molecule has 1 fully saturated rings. The minimum absolute atomic E-state index is 0.178. The molecular formula is C24H29N3O3. The van der Waals surface area contributed by atoms with Crippen LogP contribution in [0.15, 0.2) is 54.6 Å². The van der Waals surface area contributed by atoms with Crippen molar-refractivity contribution in [1.29, 1.82) is 0 Å². The van der Waals surface area contributed by atoms with E-state index in [1.54, 1.807) is 55.5 Å². The molecule has 3 rings (SSSR count). The van der Waals surface area contributed by atoms with E-state index >= 15 is 0 Å². The largest absolute Gasteiger partial charge is 0.352 e. The third-order valence-corrected chi connectivity index (χ3v) is 5.40. The maximum absolute atomic E-state index is 12.8. The van der Waals surface area contributed by atoms with Crippen LogP contribution in [0.3, 0.4) is 0 Å². The number of hydrogen-bond donors (Lipinski definition) is 3. The Morgan fingerprint density at radius 2 is 1.47 bits per heavy atom. The fraction of sp³-hybridized carbons (Fsp3) is 0.375. The molecule has 0 saturated heterocycles. The van der Waals surface area contributed by atoms with Gasteiger partial charge in [0.05, 0.1) is 11.3 Å². The zero-order valence-corrected chi connectivity index (χ0v) is 17.3. The predicted molar refractivity (Wildman–Crippen MR) is 117 cm³/mol. The van der Waals surface area contributed by atoms with Crippen molar-refractivity contribution >= 4 is 23.4 Å². The number of amides is 3. The van der Waals surface area contributed by atoms with Gasteiger partial charge >= 0.3 is 0 Å². The van der Waals surface area contributed by atoms with E-state index in [1.165, 1.54) is 12.8 Å². The quantitative estimate of drug-likeness (QED) is 0.635. The summed E-state index contributed by atoms with van der Waals surface area (Å²) in [6.07, 6.45) is 6.65. The summed E-state index contributed by atoms with van der Waals surface area (Å²) in [5, 5.41) is 8.60. The monoisotopic (exact) mass is 407 g/mol. The van der Waals surface area contributed by atoms with Crippen molar-refractivity contribution in [2.45, 2.75) is 57.5 Å². The maximum Gasteiger partial charge on any atom is 0.255 e. The summed E-state index contributed by atoms with van der Waals surface area (Å²) in [6.45, 7) is 1.68. The second kappa shape index (κ2) is 10.6. The van der Waals surface area contributed by atoms with Crippen LogP contribution in [0.4, 0.5) is 5.69 Å². The van der Waals surface area contributed by atoms with E-state index in [-0.39, 0.29) is 17.9 Å². The average Bonchev–Trinajstić information content (AvgIpc) is 3.03. The van der Waals surface area contributed by atoms with Gasteiger partial charge in [0.25, 0.3) is 11.8 Å². The summed E-state index contributed by atoms with van der Waals surface area (Å²) in [4.78, 5) is 37.8. The molecule has 6 heteroatoms. The highest BCUT2D eigenvalue weighted by Gasteiger charge is 2.22. The molecule has 1 saturated carbocycles. The fourth-order valence-corrected chi connectivity index (χ4v) is 3.66. The molecule has 0 bridgehead atoms. The van der Waals surface area contributed by atoms with Crippen LogP contribution in [-0.4, -0.2) is 29.8 Å². The number of para-hydroxylation sites is 1. The zero-order valence-electron chi connectivity index (χ0n) is 17.3. The molecule has 1 aliphatic carbocycles. The van der Waals surface area contributed by atoms with E-state index in [1.807, 2.05) is 6.07 Å². The van der Waals surface area contributed by atoms with Gasteiger partial charge in [-0.1, -0.05) is 56.0 Å². The average molecular weight is 408 g/mol. The SMILES string of the molecule is C[C@H](NC(=O)c1ccccc1NC(=O)c1ccccc1)C(=O)NC1CCCCCC1. The molecule has 2 aromatic rings. The molecule has 1 aliphatic rings. The number of hydrogen-bond acceptors (Lipinski definition) is 3. The van der Waals surface area contributed by atoms with E-state index in [9.17, 15) is 14.4 Å². The van der Waals surface area contributed by atoms with Crippen molar-refractivity contribution < 1.29 is 14.4 Å². The van der Waals surface area contributed by atoms with Crippen LogP contribution >= 0.6 is 0 Å². The standard InChI is InChI=1S/C24H29N3O3/c1-17(22(28)26-19-13-7-2-3-8-14-19)25-24(30)20-15-9-10-16-21(20)27-23(29)18-11-5-4-6-12-18/h4-6,9-12,15-17,19H,2-3,7-8,13-14H2,1H3,(H,25,30)(H,26,28)(H,27,29)/t17-/m0/s1. The summed E-state index contributed by atoms with van der Waals surface area (Å²) in [7, 11) is 0. The Bertz CT molecular complexity index is 874. The first kappa shape index (κ1) is 21.6. The Balaban J connectivity index is 1.62. The maximum atomic E-state index is 12.8. The molecule has 0 unspecified atom stereocenters. The molecule has 158 valence electrons. The molecule has 1 atom stereocenters. The predicted octanol–water partition coefficient (Wildman–Crippen LogP) is 3.90. The van der Waals surface area contributed by atoms with Crippen LogP contribution in [-0.2, 0) is 4.79 Å². The number of anilines is 1. The minimum atomic E-state index is -0.668. The smallest absolute Gasteiger partial charge is 0.255 e. The van der Waals surface area contributed by atoms with E-state index in [0.29, 0.717) is 16.8 Å². The van der Waals surface area contributed by atoms with E-state index < -0.39 is 11.9 Å². The lowest BCUT2D eigenvalue weighted by Crippen LogP contribution is -2.48. The van der Waals surface area contributed by atoms with Gasteiger partial charge < -0.3 is 16.0 Å². The highest BCUT2D eigenvalue weighted by atomic mass is 16.2. The van der Waals surface area contributed by atoms with Crippen LogP contribution in [0.2, 0.25) is 0 Å². The Morgan fingerprint density at radius 3 is 2.17 bits per heavy atom. The van der Waals surface area contributed by atoms with E-state index in [2.05, 4.69) is 16.0 Å². The van der Waals surface area contributed by atoms with Gasteiger partial charge in [-0.2, -0.15) is 0 Å². The second-order valence-electron chi connectivity index (χ2n) is 7.76. The van der Waals surface area contributed by atoms with Crippen LogP contribution in [0.1, 0.15) is 66.2 Å². The van der Waals surface area contributed by atoms with Gasteiger partial charge in [0.1, 0.15) is 6.04 Å². The molecule has 0 aromatic heterocycles. The molecule has 0 radical (unpaired) electrons. The van der Waals surface area contributed by atoms with Crippen LogP contribution in [0, 0.1) is 0 Å². The number of carbonyl (C=O) groups excluding carboxylic acids is 3. The third-order valence-electron chi connectivity index (χ3n) is 5.40. The van der Waals surface area contributed by atoms with Crippen LogP contribution in [0.5, 0.6) is 0 Å². The Labute approximate surface area is 177 Å². The summed E-state index contributed by atoms with van der Waals surface area (Å²) in [6, 6.07) is 15.1. The minimum Gasteiger partial charge on any atom is -0.352 e. The Hall–Kier alpha value is -3.15. The highest BCUT2D eigenvalue weighted by Crippen LogP contribution is 2.18. The molecule has 6 nitrogen and oxygen atoms in total. The summed E-state index contributed by atoms with van der Waals surface area (Å²) in [5.74, 6) is -0.876. The van der Waals surface area contributed by atoms with E-state index in [0.717, 1.165) is 25.7 Å². The first-order valence-corrected chi connectivity index (χ1v) is 10.6. The molecule has 30 heavy (non-hydrogen) atoms. The van der Waals surface area contributed by atoms with Crippen molar-refractivity contribution in [2.24, 2.45) is 0 Å². The van der Waals surface area contributed by atoms with E-state index in [4.69, 9.17) is 0 Å². The first-order valence-electron chi connectivity index (χ1n) is 10.6. The lowest BCUT2D eigenvalue weighted by molar-refractivity contribution is -0.123. The molecule has 3 amide bonds. The van der Waals surface area contributed by atoms with Crippen molar-refractivity contribution in [3.63, 3.8) is 0 Å². The number of nitrogens with one attached hydrogen (secondary N) is 3. The van der Waals surface area contributed by atoms with Gasteiger partial charge in [-0.25, -0.2) is 0 Å². The lowest BCUT2D eigenvalue weighted by atomic mass is 10.1. The molecule has 0 spiro atoms. The fourth-order valence-electron chi connectivity index (χ4n) is 3.66. The number of rotatable bonds is 6. The second-order valence-corrected chi connectivity index (χ2v) is 7.76. The van der Waals surface area contributed by atoms with Gasteiger partial charge in [0.15, 0.2) is 0 Å². The highest BCUT2D eigenvalue weighted by molar-refractivity contribution is 6.09. The number of benzene rings is 2. The molecule has 3 N–H and O–H groups in total. The van der Waals surface area contributed by atoms with Gasteiger partial charge in [0, 0.05) is 11.6 Å². The summed E-state index contributed by atoms with van der Waals surface area (Å²) < 4.78 is 0. The van der Waals surface area contributed by atoms with Gasteiger partial charge in [-0.3, -0.25) is 14.4 Å². The van der Waals surface area contributed by atoms with Gasteiger partial charge in [-0.05, 0) is 44.0 Å². The zero-order chi connectivity index (χ0) is 21.3. The normalized spacial score (nSPS) is 15.5. The third kappa shape index (κ3) is 5.92. The molecule has 2 aromatic carbocycles. The van der Waals surface area contributed by atoms with Gasteiger partial charge in [0.2, 0.25) is 5.91 Å². The summed E-state index contributed by atoms with van der Waals surface area (Å²) in [5.41, 5.74) is 1.22. The topological polar surface area (TPSA) is 87.3 Å². The number of carbonyl (C=O) groups is 3. The lowest BCUT2D eigenvalue weighted by Gasteiger charge is -2.20. The molecule has 0 heterocycles. The Morgan fingerprint density at radius 1 is 0.833 bits per heavy atom. The van der Waals surface area contributed by atoms with Crippen LogP contribution < -0.4 is 16.0 Å². The van der Waals surface area contributed by atoms with Gasteiger partial charge in [-0.15, -0.1) is 0 Å². The Kier molecular flexibility index (Phi) is 7.60. The van der Waals surface area contributed by atoms with Crippen molar-refractivity contribution in [2.75, 3.05) is 5.32 Å². The molecule has 0 aliphatic heterocycles. The van der Waals surface area contributed by atoms with Crippen molar-refractivity contribution in [3.8, 4) is 0 Å². The van der Waals surface area contributed by atoms with Crippen LogP contribution in [0.25, 0.3) is 0 Å². The summed E-state index contributed by atoms with van der Waals surface area (Å²) >= 11 is 0.